The minimum absolute atomic E-state index is 0.0674. The van der Waals surface area contributed by atoms with E-state index < -0.39 is 6.23 Å². The number of rotatable bonds is 3. The number of ether oxygens (including phenoxy) is 1. The van der Waals surface area contributed by atoms with Gasteiger partial charge in [-0.1, -0.05) is 48.0 Å². The maximum atomic E-state index is 13.2. The van der Waals surface area contributed by atoms with E-state index in [-0.39, 0.29) is 11.8 Å². The van der Waals surface area contributed by atoms with Crippen LogP contribution < -0.4 is 4.74 Å². The monoisotopic (exact) mass is 394 g/mol. The number of hydrogen-bond acceptors (Lipinski definition) is 5. The largest absolute Gasteiger partial charge is 0.461 e. The second kappa shape index (κ2) is 6.51. The van der Waals surface area contributed by atoms with Crippen LogP contribution >= 0.6 is 22.9 Å². The first-order valence-corrected chi connectivity index (χ1v) is 9.91. The molecule has 0 saturated heterocycles. The number of carbonyl (C=O) groups is 1. The second-order valence-corrected chi connectivity index (χ2v) is 7.89. The van der Waals surface area contributed by atoms with Crippen LogP contribution in [0.3, 0.4) is 0 Å². The third-order valence-electron chi connectivity index (χ3n) is 4.84. The summed E-state index contributed by atoms with van der Waals surface area (Å²) in [6.07, 6.45) is -0.0704. The van der Waals surface area contributed by atoms with Crippen LogP contribution in [0.4, 0.5) is 0 Å². The van der Waals surface area contributed by atoms with Crippen LogP contribution in [0, 0.1) is 0 Å². The predicted octanol–water partition coefficient (Wildman–Crippen LogP) is 5.15. The maximum Gasteiger partial charge on any atom is 0.251 e. The Morgan fingerprint density at radius 1 is 1.15 bits per heavy atom. The summed E-state index contributed by atoms with van der Waals surface area (Å²) in [6, 6.07) is 18.7. The molecule has 0 fully saturated rings. The highest BCUT2D eigenvalue weighted by atomic mass is 35.5. The minimum atomic E-state index is -0.788. The molecular weight excluding hydrogens is 380 g/mol. The van der Waals surface area contributed by atoms with E-state index in [1.807, 2.05) is 41.8 Å². The highest BCUT2D eigenvalue weighted by Gasteiger charge is 2.43. The Morgan fingerprint density at radius 3 is 2.78 bits per heavy atom. The van der Waals surface area contributed by atoms with Crippen molar-refractivity contribution in [2.75, 3.05) is 0 Å². The molecule has 0 saturated carbocycles. The number of ketones is 1. The molecule has 27 heavy (non-hydrogen) atoms. The molecule has 0 unspecified atom stereocenters. The van der Waals surface area contributed by atoms with Crippen LogP contribution in [-0.4, -0.2) is 22.7 Å². The number of carbonyl (C=O) groups excluding carboxylic acids is 1. The van der Waals surface area contributed by atoms with Gasteiger partial charge >= 0.3 is 0 Å². The van der Waals surface area contributed by atoms with E-state index in [0.717, 1.165) is 22.6 Å². The van der Waals surface area contributed by atoms with Gasteiger partial charge in [0.2, 0.25) is 5.78 Å². The van der Waals surface area contributed by atoms with Crippen LogP contribution in [0.2, 0.25) is 5.02 Å². The zero-order valence-corrected chi connectivity index (χ0v) is 15.8. The molecule has 2 aromatic carbocycles. The fourth-order valence-electron chi connectivity index (χ4n) is 3.57. The summed E-state index contributed by atoms with van der Waals surface area (Å²) in [6.45, 7) is 0. The summed E-state index contributed by atoms with van der Waals surface area (Å²) in [5.41, 5.74) is 2.55. The number of benzene rings is 2. The molecule has 2 atom stereocenters. The van der Waals surface area contributed by atoms with Crippen molar-refractivity contribution in [2.45, 2.75) is 18.7 Å². The SMILES string of the molecule is O=C(c1ccccc1)[C@H]1Oc2ccc(Cl)cc2[C@H]2CC(c3cccs3)=NN12. The fraction of sp³-hybridized carbons (Fsp3) is 0.143. The van der Waals surface area contributed by atoms with Crippen LogP contribution in [0.1, 0.15) is 33.3 Å². The van der Waals surface area contributed by atoms with E-state index >= 15 is 0 Å². The summed E-state index contributed by atoms with van der Waals surface area (Å²) >= 11 is 7.87. The molecule has 0 spiro atoms. The van der Waals surface area contributed by atoms with Gasteiger partial charge in [-0.25, -0.2) is 5.01 Å². The van der Waals surface area contributed by atoms with Crippen molar-refractivity contribution in [3.63, 3.8) is 0 Å². The Morgan fingerprint density at radius 2 is 2.00 bits per heavy atom. The topological polar surface area (TPSA) is 41.9 Å². The average Bonchev–Trinajstić information content (AvgIpc) is 3.37. The van der Waals surface area contributed by atoms with Crippen molar-refractivity contribution in [3.05, 3.63) is 87.1 Å². The summed E-state index contributed by atoms with van der Waals surface area (Å²) in [4.78, 5) is 14.3. The van der Waals surface area contributed by atoms with Crippen molar-refractivity contribution in [3.8, 4) is 5.75 Å². The van der Waals surface area contributed by atoms with Crippen LogP contribution in [0.5, 0.6) is 5.75 Å². The molecule has 1 aromatic heterocycles. The first-order valence-electron chi connectivity index (χ1n) is 8.66. The molecular formula is C21H15ClN2O2S. The molecule has 0 bridgehead atoms. The molecule has 5 rings (SSSR count). The lowest BCUT2D eigenvalue weighted by atomic mass is 9.97. The number of hydrogen-bond donors (Lipinski definition) is 0. The highest BCUT2D eigenvalue weighted by Crippen LogP contribution is 2.44. The van der Waals surface area contributed by atoms with Crippen molar-refractivity contribution < 1.29 is 9.53 Å². The molecule has 2 aliphatic rings. The molecule has 0 aliphatic carbocycles. The lowest BCUT2D eigenvalue weighted by Gasteiger charge is -2.37. The summed E-state index contributed by atoms with van der Waals surface area (Å²) < 4.78 is 6.10. The van der Waals surface area contributed by atoms with E-state index in [1.54, 1.807) is 34.5 Å². The molecule has 0 amide bonds. The van der Waals surface area contributed by atoms with E-state index in [4.69, 9.17) is 21.4 Å². The number of nitrogens with zero attached hydrogens (tertiary/aromatic N) is 2. The van der Waals surface area contributed by atoms with Gasteiger partial charge in [-0.15, -0.1) is 11.3 Å². The Bertz CT molecular complexity index is 1030. The van der Waals surface area contributed by atoms with E-state index in [0.29, 0.717) is 16.3 Å². The molecule has 0 N–H and O–H groups in total. The standard InChI is InChI=1S/C21H15ClN2O2S/c22-14-8-9-18-15(11-14)17-12-16(19-7-4-10-27-19)23-24(17)21(26-18)20(25)13-5-2-1-3-6-13/h1-11,17,21H,12H2/t17-,21-/m1/s1. The van der Waals surface area contributed by atoms with E-state index in [9.17, 15) is 4.79 Å². The second-order valence-electron chi connectivity index (χ2n) is 6.51. The van der Waals surface area contributed by atoms with Gasteiger partial charge in [0.25, 0.3) is 6.23 Å². The number of halogens is 1. The van der Waals surface area contributed by atoms with Gasteiger partial charge in [0.1, 0.15) is 5.75 Å². The van der Waals surface area contributed by atoms with Crippen molar-refractivity contribution in [1.82, 2.24) is 5.01 Å². The number of fused-ring (bicyclic) bond motifs is 3. The van der Waals surface area contributed by atoms with Gasteiger partial charge in [-0.05, 0) is 29.6 Å². The summed E-state index contributed by atoms with van der Waals surface area (Å²) in [5.74, 6) is 0.593. The minimum Gasteiger partial charge on any atom is -0.461 e. The Kier molecular flexibility index (Phi) is 3.99. The van der Waals surface area contributed by atoms with Gasteiger partial charge in [0, 0.05) is 22.6 Å². The first-order chi connectivity index (χ1) is 13.2. The van der Waals surface area contributed by atoms with Crippen molar-refractivity contribution >= 4 is 34.4 Å². The average molecular weight is 395 g/mol. The normalized spacial score (nSPS) is 20.5. The number of thiophene rings is 1. The zero-order valence-electron chi connectivity index (χ0n) is 14.2. The van der Waals surface area contributed by atoms with E-state index in [2.05, 4.69) is 6.07 Å². The lowest BCUT2D eigenvalue weighted by molar-refractivity contribution is -0.00455. The lowest BCUT2D eigenvalue weighted by Crippen LogP contribution is -2.45. The van der Waals surface area contributed by atoms with Crippen molar-refractivity contribution in [2.24, 2.45) is 5.10 Å². The predicted molar refractivity (Wildman–Crippen MR) is 107 cm³/mol. The zero-order chi connectivity index (χ0) is 18.4. The van der Waals surface area contributed by atoms with Crippen LogP contribution in [-0.2, 0) is 0 Å². The Labute approximate surface area is 165 Å². The molecule has 134 valence electrons. The smallest absolute Gasteiger partial charge is 0.251 e. The highest BCUT2D eigenvalue weighted by molar-refractivity contribution is 7.12. The first kappa shape index (κ1) is 16.5. The Balaban J connectivity index is 1.59. The maximum absolute atomic E-state index is 13.2. The summed E-state index contributed by atoms with van der Waals surface area (Å²) in [5, 5.41) is 9.25. The molecule has 3 aromatic rings. The number of Topliss-reactive ketones (excluding diaryl/α,β-unsaturated/α-hetero) is 1. The van der Waals surface area contributed by atoms with Crippen molar-refractivity contribution in [1.29, 1.82) is 0 Å². The third kappa shape index (κ3) is 2.83. The molecule has 4 nitrogen and oxygen atoms in total. The quantitative estimate of drug-likeness (QED) is 0.576. The molecule has 3 heterocycles. The van der Waals surface area contributed by atoms with Crippen LogP contribution in [0.25, 0.3) is 0 Å². The fourth-order valence-corrected chi connectivity index (χ4v) is 4.47. The molecule has 6 heteroatoms. The van der Waals surface area contributed by atoms with E-state index in [1.165, 1.54) is 0 Å². The van der Waals surface area contributed by atoms with Gasteiger partial charge < -0.3 is 4.74 Å². The molecule has 2 aliphatic heterocycles. The third-order valence-corrected chi connectivity index (χ3v) is 5.99. The van der Waals surface area contributed by atoms with Gasteiger partial charge in [-0.3, -0.25) is 4.79 Å². The molecule has 0 radical (unpaired) electrons. The number of hydrazone groups is 1. The van der Waals surface area contributed by atoms with Gasteiger partial charge in [-0.2, -0.15) is 5.10 Å². The van der Waals surface area contributed by atoms with Gasteiger partial charge in [0.15, 0.2) is 0 Å². The Hall–Kier alpha value is -2.63. The van der Waals surface area contributed by atoms with Gasteiger partial charge in [0.05, 0.1) is 16.6 Å². The van der Waals surface area contributed by atoms with Crippen LogP contribution in [0.15, 0.2) is 71.1 Å². The summed E-state index contributed by atoms with van der Waals surface area (Å²) in [7, 11) is 0.